The topological polar surface area (TPSA) is 101 Å². The minimum absolute atomic E-state index is 0.0401. The van der Waals surface area contributed by atoms with Crippen LogP contribution in [0.1, 0.15) is 41.3 Å². The summed E-state index contributed by atoms with van der Waals surface area (Å²) in [5.74, 6) is -2.36. The Kier molecular flexibility index (Phi) is 6.17. The van der Waals surface area contributed by atoms with Gasteiger partial charge in [-0.3, -0.25) is 9.59 Å². The third-order valence-corrected chi connectivity index (χ3v) is 5.40. The van der Waals surface area contributed by atoms with Crippen molar-refractivity contribution in [3.63, 3.8) is 0 Å². The van der Waals surface area contributed by atoms with Gasteiger partial charge in [-0.2, -0.15) is 0 Å². The van der Waals surface area contributed by atoms with Gasteiger partial charge in [-0.25, -0.2) is 13.8 Å². The molecule has 0 saturated heterocycles. The molecule has 0 aliphatic rings. The van der Waals surface area contributed by atoms with Gasteiger partial charge in [0, 0.05) is 47.3 Å². The molecule has 2 aromatic heterocycles. The fraction of sp³-hybridized carbons (Fsp3) is 0.160. The maximum atomic E-state index is 15.1. The number of pyridine rings is 1. The third kappa shape index (κ3) is 4.59. The van der Waals surface area contributed by atoms with Crippen molar-refractivity contribution in [1.29, 1.82) is 0 Å². The minimum Gasteiger partial charge on any atom is -0.366 e. The summed E-state index contributed by atoms with van der Waals surface area (Å²) < 4.78 is 29.6. The van der Waals surface area contributed by atoms with Gasteiger partial charge in [0.25, 0.3) is 0 Å². The number of nitrogens with one attached hydrogen (secondary N) is 2. The number of benzene rings is 2. The Morgan fingerprint density at radius 2 is 1.94 bits per heavy atom. The van der Waals surface area contributed by atoms with Crippen molar-refractivity contribution < 1.29 is 18.4 Å². The molecule has 0 bridgehead atoms. The zero-order valence-electron chi connectivity index (χ0n) is 17.9. The molecule has 0 aliphatic heterocycles. The van der Waals surface area contributed by atoms with Crippen molar-refractivity contribution in [2.75, 3.05) is 5.32 Å². The average Bonchev–Trinajstić information content (AvgIpc) is 3.21. The van der Waals surface area contributed by atoms with E-state index in [1.54, 1.807) is 30.6 Å². The number of hydrogen-bond acceptors (Lipinski definition) is 3. The lowest BCUT2D eigenvalue weighted by atomic mass is 10.00. The zero-order valence-corrected chi connectivity index (χ0v) is 17.9. The molecule has 8 heteroatoms. The van der Waals surface area contributed by atoms with Gasteiger partial charge < -0.3 is 16.0 Å². The van der Waals surface area contributed by atoms with Gasteiger partial charge in [-0.05, 0) is 47.9 Å². The number of H-pyrrole nitrogens is 1. The van der Waals surface area contributed by atoms with Crippen molar-refractivity contribution in [3.8, 4) is 11.1 Å². The zero-order chi connectivity index (χ0) is 23.5. The molecular formula is C25H22F2N4O2. The van der Waals surface area contributed by atoms with E-state index in [-0.39, 0.29) is 30.0 Å². The minimum atomic E-state index is -0.799. The molecule has 0 aliphatic carbocycles. The van der Waals surface area contributed by atoms with Crippen LogP contribution in [0.5, 0.6) is 0 Å². The number of anilines is 1. The summed E-state index contributed by atoms with van der Waals surface area (Å²) in [6.07, 6.45) is 4.13. The highest BCUT2D eigenvalue weighted by atomic mass is 19.1. The Labute approximate surface area is 188 Å². The lowest BCUT2D eigenvalue weighted by Gasteiger charge is -2.11. The molecule has 0 atom stereocenters. The van der Waals surface area contributed by atoms with Gasteiger partial charge in [0.15, 0.2) is 5.82 Å². The highest BCUT2D eigenvalue weighted by Gasteiger charge is 2.18. The van der Waals surface area contributed by atoms with Crippen LogP contribution in [0.2, 0.25) is 0 Å². The first-order valence-corrected chi connectivity index (χ1v) is 10.5. The van der Waals surface area contributed by atoms with Gasteiger partial charge >= 0.3 is 0 Å². The smallest absolute Gasteiger partial charge is 0.248 e. The number of halogens is 2. The lowest BCUT2D eigenvalue weighted by molar-refractivity contribution is -0.116. The monoisotopic (exact) mass is 448 g/mol. The van der Waals surface area contributed by atoms with E-state index < -0.39 is 17.5 Å². The predicted octanol–water partition coefficient (Wildman–Crippen LogP) is 4.94. The van der Waals surface area contributed by atoms with Crippen LogP contribution in [0, 0.1) is 11.6 Å². The van der Waals surface area contributed by atoms with Crippen LogP contribution in [-0.2, 0) is 11.2 Å². The maximum absolute atomic E-state index is 15.1. The Hall–Kier alpha value is -4.07. The van der Waals surface area contributed by atoms with Crippen molar-refractivity contribution in [1.82, 2.24) is 9.97 Å². The highest BCUT2D eigenvalue weighted by molar-refractivity contribution is 5.94. The lowest BCUT2D eigenvalue weighted by Crippen LogP contribution is -2.13. The number of carbonyl (C=O) groups is 2. The molecule has 2 aromatic carbocycles. The second kappa shape index (κ2) is 9.20. The molecule has 4 aromatic rings. The largest absolute Gasteiger partial charge is 0.366 e. The summed E-state index contributed by atoms with van der Waals surface area (Å²) in [6.45, 7) is 1.84. The molecule has 4 rings (SSSR count). The molecule has 0 fully saturated rings. The van der Waals surface area contributed by atoms with Crippen LogP contribution < -0.4 is 11.1 Å². The molecule has 4 N–H and O–H groups in total. The van der Waals surface area contributed by atoms with E-state index >= 15 is 4.39 Å². The Morgan fingerprint density at radius 3 is 2.70 bits per heavy atom. The van der Waals surface area contributed by atoms with Crippen LogP contribution in [0.15, 0.2) is 54.9 Å². The number of carbonyl (C=O) groups excluding carboxylic acids is 2. The van der Waals surface area contributed by atoms with E-state index in [0.29, 0.717) is 28.6 Å². The van der Waals surface area contributed by atoms with Gasteiger partial charge in [-0.1, -0.05) is 19.1 Å². The summed E-state index contributed by atoms with van der Waals surface area (Å²) in [5, 5.41) is 3.19. The first kappa shape index (κ1) is 22.1. The van der Waals surface area contributed by atoms with Crippen molar-refractivity contribution >= 4 is 28.5 Å². The number of nitrogens with two attached hydrogens (primary N) is 1. The quantitative estimate of drug-likeness (QED) is 0.373. The number of rotatable bonds is 7. The van der Waals surface area contributed by atoms with E-state index in [2.05, 4.69) is 15.3 Å². The average molecular weight is 448 g/mol. The fourth-order valence-corrected chi connectivity index (χ4v) is 3.70. The summed E-state index contributed by atoms with van der Waals surface area (Å²) in [6, 6.07) is 11.0. The number of fused-ring (bicyclic) bond motifs is 1. The van der Waals surface area contributed by atoms with Crippen molar-refractivity contribution in [2.45, 2.75) is 26.2 Å². The summed E-state index contributed by atoms with van der Waals surface area (Å²) in [4.78, 5) is 30.8. The van der Waals surface area contributed by atoms with Gasteiger partial charge in [0.1, 0.15) is 11.5 Å². The number of nitrogens with zero attached hydrogens (tertiary/aromatic N) is 1. The SMILES string of the molecule is CCCC(=O)Nc1ccc(F)c(Cc2c[nH]c3ncc(-c4cccc(C(N)=O)c4)cc23)c1F. The van der Waals surface area contributed by atoms with Crippen LogP contribution in [0.4, 0.5) is 14.5 Å². The Bertz CT molecular complexity index is 1360. The Balaban J connectivity index is 1.70. The van der Waals surface area contributed by atoms with Gasteiger partial charge in [0.05, 0.1) is 5.69 Å². The molecule has 168 valence electrons. The molecule has 0 saturated carbocycles. The highest BCUT2D eigenvalue weighted by Crippen LogP contribution is 2.29. The first-order chi connectivity index (χ1) is 15.9. The summed E-state index contributed by atoms with van der Waals surface area (Å²) >= 11 is 0. The van der Waals surface area contributed by atoms with E-state index in [1.807, 2.05) is 19.1 Å². The van der Waals surface area contributed by atoms with Crippen LogP contribution in [-0.4, -0.2) is 21.8 Å². The number of aromatic nitrogens is 2. The summed E-state index contributed by atoms with van der Waals surface area (Å²) in [5.41, 5.74) is 8.22. The second-order valence-corrected chi connectivity index (χ2v) is 7.74. The van der Waals surface area contributed by atoms with Gasteiger partial charge in [0.2, 0.25) is 11.8 Å². The van der Waals surface area contributed by atoms with E-state index in [0.717, 1.165) is 17.2 Å². The molecule has 0 spiro atoms. The standard InChI is InChI=1S/C25H22F2N4O2/c1-2-4-22(32)31-21-8-7-20(26)19(23(21)27)11-17-13-30-25-18(17)10-16(12-29-25)14-5-3-6-15(9-14)24(28)33/h3,5-10,12-13H,2,4,11H2,1H3,(H2,28,33)(H,29,30)(H,31,32). The predicted molar refractivity (Wildman–Crippen MR) is 123 cm³/mol. The maximum Gasteiger partial charge on any atom is 0.248 e. The first-order valence-electron chi connectivity index (χ1n) is 10.5. The van der Waals surface area contributed by atoms with E-state index in [1.165, 1.54) is 6.07 Å². The normalized spacial score (nSPS) is 11.0. The van der Waals surface area contributed by atoms with Gasteiger partial charge in [-0.15, -0.1) is 0 Å². The molecule has 0 unspecified atom stereocenters. The van der Waals surface area contributed by atoms with Crippen molar-refractivity contribution in [2.24, 2.45) is 5.73 Å². The van der Waals surface area contributed by atoms with E-state index in [4.69, 9.17) is 5.73 Å². The number of amides is 2. The Morgan fingerprint density at radius 1 is 1.12 bits per heavy atom. The van der Waals surface area contributed by atoms with Crippen LogP contribution in [0.25, 0.3) is 22.2 Å². The number of hydrogen-bond donors (Lipinski definition) is 3. The second-order valence-electron chi connectivity index (χ2n) is 7.74. The van der Waals surface area contributed by atoms with Crippen molar-refractivity contribution in [3.05, 3.63) is 83.2 Å². The molecule has 2 heterocycles. The van der Waals surface area contributed by atoms with Crippen LogP contribution >= 0.6 is 0 Å². The molecule has 2 amide bonds. The van der Waals surface area contributed by atoms with Crippen LogP contribution in [0.3, 0.4) is 0 Å². The molecule has 6 nitrogen and oxygen atoms in total. The molecule has 33 heavy (non-hydrogen) atoms. The third-order valence-electron chi connectivity index (χ3n) is 5.40. The molecular weight excluding hydrogens is 426 g/mol. The van der Waals surface area contributed by atoms with E-state index in [9.17, 15) is 14.0 Å². The fourth-order valence-electron chi connectivity index (χ4n) is 3.70. The molecule has 0 radical (unpaired) electrons. The summed E-state index contributed by atoms with van der Waals surface area (Å²) in [7, 11) is 0. The number of primary amides is 1. The number of aromatic amines is 1.